The number of hydrogen-bond acceptors (Lipinski definition) is 5. The molecule has 1 amide bonds. The fraction of sp³-hybridized carbons (Fsp3) is 0.550. The van der Waals surface area contributed by atoms with Gasteiger partial charge in [0.05, 0.1) is 12.1 Å². The van der Waals surface area contributed by atoms with Gasteiger partial charge in [-0.3, -0.25) is 4.79 Å². The molecule has 30 heavy (non-hydrogen) atoms. The number of rotatable bonds is 7. The molecule has 2 saturated carbocycles. The van der Waals surface area contributed by atoms with Gasteiger partial charge in [-0.2, -0.15) is 21.6 Å². The normalized spacial score (nSPS) is 27.0. The van der Waals surface area contributed by atoms with Crippen molar-refractivity contribution in [2.24, 2.45) is 11.8 Å². The second-order valence-corrected chi connectivity index (χ2v) is 9.80. The lowest BCUT2D eigenvalue weighted by Crippen LogP contribution is -2.43. The smallest absolute Gasteiger partial charge is 0.376 e. The standard InChI is InChI=1S/C20H23F3N2O4S/c1-11(24-19(26)18-9-14-8-17(14)25-18)16-10-15(29-30(27,28)20(21,22)23)7-6-13(16)5-4-12-2-3-12/h4-7,10-12,14,17-18,25H,2-3,8-9H2,1H3,(H,24,26)/b5-4+/t11-,14+,17+,18-/m0/s1. The van der Waals surface area contributed by atoms with Crippen molar-refractivity contribution in [1.29, 1.82) is 0 Å². The van der Waals surface area contributed by atoms with E-state index in [4.69, 9.17) is 0 Å². The lowest BCUT2D eigenvalue weighted by atomic mass is 9.99. The van der Waals surface area contributed by atoms with Crippen molar-refractivity contribution in [1.82, 2.24) is 10.6 Å². The van der Waals surface area contributed by atoms with Crippen LogP contribution in [0.3, 0.4) is 0 Å². The number of carbonyl (C=O) groups is 1. The van der Waals surface area contributed by atoms with Gasteiger partial charge in [0.15, 0.2) is 0 Å². The number of benzene rings is 1. The Labute approximate surface area is 173 Å². The minimum Gasteiger partial charge on any atom is -0.376 e. The zero-order valence-electron chi connectivity index (χ0n) is 16.3. The molecule has 0 unspecified atom stereocenters. The second kappa shape index (κ2) is 7.56. The van der Waals surface area contributed by atoms with E-state index in [-0.39, 0.29) is 11.9 Å². The van der Waals surface area contributed by atoms with E-state index in [1.807, 2.05) is 12.2 Å². The van der Waals surface area contributed by atoms with Gasteiger partial charge in [0.25, 0.3) is 0 Å². The van der Waals surface area contributed by atoms with Gasteiger partial charge in [-0.1, -0.05) is 18.2 Å². The number of alkyl halides is 3. The van der Waals surface area contributed by atoms with Gasteiger partial charge in [0.1, 0.15) is 5.75 Å². The number of nitrogens with one attached hydrogen (secondary N) is 2. The Hall–Kier alpha value is -2.07. The highest BCUT2D eigenvalue weighted by Crippen LogP contribution is 2.41. The van der Waals surface area contributed by atoms with Crippen molar-refractivity contribution in [3.05, 3.63) is 35.4 Å². The first-order valence-electron chi connectivity index (χ1n) is 9.93. The molecular weight excluding hydrogens is 421 g/mol. The Balaban J connectivity index is 1.54. The van der Waals surface area contributed by atoms with Gasteiger partial charge >= 0.3 is 15.6 Å². The molecule has 0 aromatic heterocycles. The van der Waals surface area contributed by atoms with Gasteiger partial charge in [-0.05, 0) is 67.7 Å². The Morgan fingerprint density at radius 3 is 2.63 bits per heavy atom. The van der Waals surface area contributed by atoms with Crippen LogP contribution in [0.25, 0.3) is 6.08 Å². The summed E-state index contributed by atoms with van der Waals surface area (Å²) >= 11 is 0. The predicted molar refractivity (Wildman–Crippen MR) is 104 cm³/mol. The average molecular weight is 444 g/mol. The monoisotopic (exact) mass is 444 g/mol. The van der Waals surface area contributed by atoms with Crippen molar-refractivity contribution >= 4 is 22.1 Å². The summed E-state index contributed by atoms with van der Waals surface area (Å²) < 4.78 is 65.0. The fourth-order valence-electron chi connectivity index (χ4n) is 3.75. The van der Waals surface area contributed by atoms with Crippen molar-refractivity contribution in [3.8, 4) is 5.75 Å². The molecule has 4 atom stereocenters. The molecular formula is C20H23F3N2O4S. The molecule has 6 nitrogen and oxygen atoms in total. The van der Waals surface area contributed by atoms with E-state index in [1.54, 1.807) is 6.92 Å². The van der Waals surface area contributed by atoms with E-state index < -0.39 is 27.4 Å². The average Bonchev–Trinajstić information content (AvgIpc) is 3.58. The lowest BCUT2D eigenvalue weighted by molar-refractivity contribution is -0.123. The van der Waals surface area contributed by atoms with E-state index in [2.05, 4.69) is 14.8 Å². The summed E-state index contributed by atoms with van der Waals surface area (Å²) in [6, 6.07) is 3.48. The van der Waals surface area contributed by atoms with Crippen LogP contribution < -0.4 is 14.8 Å². The van der Waals surface area contributed by atoms with Crippen LogP contribution >= 0.6 is 0 Å². The first-order chi connectivity index (χ1) is 14.0. The third kappa shape index (κ3) is 4.64. The maximum absolute atomic E-state index is 12.7. The molecule has 0 bridgehead atoms. The predicted octanol–water partition coefficient (Wildman–Crippen LogP) is 3.27. The van der Waals surface area contributed by atoms with Gasteiger partial charge < -0.3 is 14.8 Å². The SMILES string of the molecule is C[C@H](NC(=O)[C@@H]1C[C@H]2C[C@H]2N1)c1cc(OS(=O)(=O)C(F)(F)F)ccc1/C=C/C1CC1. The number of amides is 1. The summed E-state index contributed by atoms with van der Waals surface area (Å²) in [7, 11) is -5.77. The molecule has 1 aliphatic heterocycles. The molecule has 2 N–H and O–H groups in total. The van der Waals surface area contributed by atoms with Gasteiger partial charge in [-0.15, -0.1) is 0 Å². The number of allylic oxidation sites excluding steroid dienone is 1. The Morgan fingerprint density at radius 2 is 2.03 bits per heavy atom. The molecule has 0 radical (unpaired) electrons. The van der Waals surface area contributed by atoms with Crippen LogP contribution in [0.5, 0.6) is 5.75 Å². The van der Waals surface area contributed by atoms with Crippen molar-refractivity contribution in [2.45, 2.75) is 56.2 Å². The van der Waals surface area contributed by atoms with Crippen LogP contribution in [-0.2, 0) is 14.9 Å². The Kier molecular flexibility index (Phi) is 5.34. The van der Waals surface area contributed by atoms with E-state index >= 15 is 0 Å². The first-order valence-corrected chi connectivity index (χ1v) is 11.3. The van der Waals surface area contributed by atoms with E-state index in [0.29, 0.717) is 29.0 Å². The largest absolute Gasteiger partial charge is 0.534 e. The molecule has 0 spiro atoms. The minimum atomic E-state index is -5.77. The Bertz CT molecular complexity index is 963. The summed E-state index contributed by atoms with van der Waals surface area (Å²) in [4.78, 5) is 12.6. The first kappa shape index (κ1) is 21.2. The maximum Gasteiger partial charge on any atom is 0.534 e. The van der Waals surface area contributed by atoms with Crippen LogP contribution in [0, 0.1) is 11.8 Å². The quantitative estimate of drug-likeness (QED) is 0.498. The third-order valence-corrected chi connectivity index (χ3v) is 6.71. The fourth-order valence-corrected chi connectivity index (χ4v) is 4.20. The molecule has 3 fully saturated rings. The van der Waals surface area contributed by atoms with E-state index in [9.17, 15) is 26.4 Å². The van der Waals surface area contributed by atoms with Gasteiger partial charge in [0, 0.05) is 6.04 Å². The molecule has 4 rings (SSSR count). The zero-order valence-corrected chi connectivity index (χ0v) is 17.1. The second-order valence-electron chi connectivity index (χ2n) is 8.26. The Morgan fingerprint density at radius 1 is 1.30 bits per heavy atom. The molecule has 1 aromatic carbocycles. The highest BCUT2D eigenvalue weighted by atomic mass is 32.2. The molecule has 2 aliphatic carbocycles. The highest BCUT2D eigenvalue weighted by molar-refractivity contribution is 7.88. The van der Waals surface area contributed by atoms with Gasteiger partial charge in [-0.25, -0.2) is 0 Å². The molecule has 3 aliphatic rings. The lowest BCUT2D eigenvalue weighted by Gasteiger charge is -2.21. The van der Waals surface area contributed by atoms with Crippen LogP contribution in [-0.4, -0.2) is 31.9 Å². The van der Waals surface area contributed by atoms with Crippen LogP contribution in [0.15, 0.2) is 24.3 Å². The summed E-state index contributed by atoms with van der Waals surface area (Å²) in [6.45, 7) is 1.71. The van der Waals surface area contributed by atoms with Crippen LogP contribution in [0.4, 0.5) is 13.2 Å². The maximum atomic E-state index is 12.7. The molecule has 1 aromatic rings. The van der Waals surface area contributed by atoms with Crippen LogP contribution in [0.1, 0.15) is 49.8 Å². The summed E-state index contributed by atoms with van der Waals surface area (Å²) in [5.74, 6) is 0.379. The summed E-state index contributed by atoms with van der Waals surface area (Å²) in [5, 5.41) is 6.13. The topological polar surface area (TPSA) is 84.5 Å². The molecule has 1 heterocycles. The van der Waals surface area contributed by atoms with E-state index in [1.165, 1.54) is 18.2 Å². The molecule has 164 valence electrons. The summed E-state index contributed by atoms with van der Waals surface area (Å²) in [5.41, 5.74) is -4.35. The van der Waals surface area contributed by atoms with E-state index in [0.717, 1.165) is 25.7 Å². The van der Waals surface area contributed by atoms with Crippen molar-refractivity contribution in [2.75, 3.05) is 0 Å². The number of fused-ring (bicyclic) bond motifs is 1. The number of piperidine rings is 1. The number of halogens is 3. The zero-order chi connectivity index (χ0) is 21.7. The van der Waals surface area contributed by atoms with Crippen molar-refractivity contribution < 1.29 is 30.6 Å². The van der Waals surface area contributed by atoms with Crippen molar-refractivity contribution in [3.63, 3.8) is 0 Å². The van der Waals surface area contributed by atoms with Crippen LogP contribution in [0.2, 0.25) is 0 Å². The highest BCUT2D eigenvalue weighted by Gasteiger charge is 2.49. The third-order valence-electron chi connectivity index (χ3n) is 5.74. The molecule has 1 saturated heterocycles. The molecule has 10 heteroatoms. The number of carbonyl (C=O) groups excluding carboxylic acids is 1. The van der Waals surface area contributed by atoms with Gasteiger partial charge in [0.2, 0.25) is 5.91 Å². The number of hydrogen-bond donors (Lipinski definition) is 2. The summed E-state index contributed by atoms with van der Waals surface area (Å²) in [6.07, 6.45) is 7.87. The minimum absolute atomic E-state index is 0.180.